The van der Waals surface area contributed by atoms with Gasteiger partial charge in [-0.05, 0) is 18.4 Å². The SMILES string of the molecule is CCOC(=O)C(=O)N1CCN(CCNC(=O)c2cccs2)CC1. The van der Waals surface area contributed by atoms with Crippen LogP contribution in [0, 0.1) is 0 Å². The third kappa shape index (κ3) is 5.04. The number of carbonyl (C=O) groups excluding carboxylic acids is 3. The lowest BCUT2D eigenvalue weighted by Crippen LogP contribution is -2.52. The number of carbonyl (C=O) groups is 3. The number of nitrogens with one attached hydrogen (secondary N) is 1. The van der Waals surface area contributed by atoms with Crippen LogP contribution in [0.2, 0.25) is 0 Å². The molecule has 0 saturated carbocycles. The summed E-state index contributed by atoms with van der Waals surface area (Å²) in [5, 5.41) is 4.75. The number of hydrogen-bond donors (Lipinski definition) is 1. The average Bonchev–Trinajstić information content (AvgIpc) is 3.09. The van der Waals surface area contributed by atoms with Crippen molar-refractivity contribution in [3.63, 3.8) is 0 Å². The van der Waals surface area contributed by atoms with Crippen molar-refractivity contribution in [3.05, 3.63) is 22.4 Å². The van der Waals surface area contributed by atoms with Crippen molar-refractivity contribution in [3.8, 4) is 0 Å². The van der Waals surface area contributed by atoms with E-state index in [9.17, 15) is 14.4 Å². The maximum absolute atomic E-state index is 11.8. The summed E-state index contributed by atoms with van der Waals surface area (Å²) < 4.78 is 4.72. The second-order valence-electron chi connectivity index (χ2n) is 5.09. The zero-order chi connectivity index (χ0) is 16.7. The molecule has 0 bridgehead atoms. The Labute approximate surface area is 139 Å². The standard InChI is InChI=1S/C15H21N3O4S/c1-2-22-15(21)14(20)18-9-7-17(8-10-18)6-5-16-13(19)12-4-3-11-23-12/h3-4,11H,2,5-10H2,1H3,(H,16,19). The molecule has 1 saturated heterocycles. The zero-order valence-corrected chi connectivity index (χ0v) is 13.9. The number of hydrogen-bond acceptors (Lipinski definition) is 6. The molecule has 8 heteroatoms. The zero-order valence-electron chi connectivity index (χ0n) is 13.1. The predicted molar refractivity (Wildman–Crippen MR) is 86.3 cm³/mol. The molecular weight excluding hydrogens is 318 g/mol. The summed E-state index contributed by atoms with van der Waals surface area (Å²) in [6.45, 7) is 5.51. The van der Waals surface area contributed by atoms with E-state index < -0.39 is 11.9 Å². The van der Waals surface area contributed by atoms with E-state index in [0.29, 0.717) is 37.6 Å². The van der Waals surface area contributed by atoms with Gasteiger partial charge >= 0.3 is 11.9 Å². The van der Waals surface area contributed by atoms with Crippen LogP contribution >= 0.6 is 11.3 Å². The lowest BCUT2D eigenvalue weighted by atomic mass is 10.3. The van der Waals surface area contributed by atoms with E-state index in [0.717, 1.165) is 6.54 Å². The van der Waals surface area contributed by atoms with Gasteiger partial charge in [-0.2, -0.15) is 0 Å². The molecular formula is C15H21N3O4S. The van der Waals surface area contributed by atoms with E-state index in [1.54, 1.807) is 13.0 Å². The van der Waals surface area contributed by atoms with Crippen molar-refractivity contribution < 1.29 is 19.1 Å². The molecule has 2 rings (SSSR count). The number of rotatable bonds is 5. The first-order valence-corrected chi connectivity index (χ1v) is 8.50. The number of piperazine rings is 1. The molecule has 2 heterocycles. The molecule has 0 aromatic carbocycles. The normalized spacial score (nSPS) is 15.3. The van der Waals surface area contributed by atoms with Gasteiger partial charge in [0.2, 0.25) is 0 Å². The van der Waals surface area contributed by atoms with Gasteiger partial charge < -0.3 is 15.0 Å². The van der Waals surface area contributed by atoms with Gasteiger partial charge in [-0.15, -0.1) is 11.3 Å². The van der Waals surface area contributed by atoms with Crippen molar-refractivity contribution in [1.29, 1.82) is 0 Å². The Kier molecular flexibility index (Phi) is 6.54. The summed E-state index contributed by atoms with van der Waals surface area (Å²) in [5.74, 6) is -1.42. The summed E-state index contributed by atoms with van der Waals surface area (Å²) in [7, 11) is 0. The monoisotopic (exact) mass is 339 g/mol. The minimum absolute atomic E-state index is 0.0591. The fourth-order valence-corrected chi connectivity index (χ4v) is 2.96. The second kappa shape index (κ2) is 8.64. The minimum Gasteiger partial charge on any atom is -0.459 e. The van der Waals surface area contributed by atoms with Gasteiger partial charge in [-0.25, -0.2) is 4.79 Å². The van der Waals surface area contributed by atoms with Gasteiger partial charge in [0.25, 0.3) is 5.91 Å². The molecule has 23 heavy (non-hydrogen) atoms. The van der Waals surface area contributed by atoms with Gasteiger partial charge in [-0.1, -0.05) is 6.07 Å². The van der Waals surface area contributed by atoms with Crippen LogP contribution in [-0.2, 0) is 14.3 Å². The third-order valence-corrected chi connectivity index (χ3v) is 4.44. The highest BCUT2D eigenvalue weighted by molar-refractivity contribution is 7.12. The van der Waals surface area contributed by atoms with Crippen molar-refractivity contribution in [2.75, 3.05) is 45.9 Å². The van der Waals surface area contributed by atoms with Crippen LogP contribution in [0.4, 0.5) is 0 Å². The summed E-state index contributed by atoms with van der Waals surface area (Å²) in [6, 6.07) is 3.64. The summed E-state index contributed by atoms with van der Waals surface area (Å²) >= 11 is 1.41. The summed E-state index contributed by atoms with van der Waals surface area (Å²) in [4.78, 5) is 39.4. The van der Waals surface area contributed by atoms with Crippen molar-refractivity contribution in [1.82, 2.24) is 15.1 Å². The van der Waals surface area contributed by atoms with Crippen molar-refractivity contribution >= 4 is 29.1 Å². The van der Waals surface area contributed by atoms with Crippen LogP contribution in [0.15, 0.2) is 17.5 Å². The van der Waals surface area contributed by atoms with Gasteiger partial charge in [0.1, 0.15) is 0 Å². The highest BCUT2D eigenvalue weighted by Gasteiger charge is 2.26. The Morgan fingerprint density at radius 2 is 2.00 bits per heavy atom. The first kappa shape index (κ1) is 17.4. The number of nitrogens with zero attached hydrogens (tertiary/aromatic N) is 2. The molecule has 0 atom stereocenters. The quantitative estimate of drug-likeness (QED) is 0.612. The summed E-state index contributed by atoms with van der Waals surface area (Å²) in [6.07, 6.45) is 0. The van der Waals surface area contributed by atoms with Crippen LogP contribution < -0.4 is 5.32 Å². The van der Waals surface area contributed by atoms with Crippen LogP contribution in [0.3, 0.4) is 0 Å². The number of amides is 2. The van der Waals surface area contributed by atoms with Crippen LogP contribution in [-0.4, -0.2) is 73.5 Å². The highest BCUT2D eigenvalue weighted by atomic mass is 32.1. The second-order valence-corrected chi connectivity index (χ2v) is 6.04. The van der Waals surface area contributed by atoms with Crippen molar-refractivity contribution in [2.24, 2.45) is 0 Å². The van der Waals surface area contributed by atoms with Crippen LogP contribution in [0.25, 0.3) is 0 Å². The Morgan fingerprint density at radius 1 is 1.26 bits per heavy atom. The Morgan fingerprint density at radius 3 is 2.61 bits per heavy atom. The molecule has 0 radical (unpaired) electrons. The number of thiophene rings is 1. The molecule has 126 valence electrons. The summed E-state index contributed by atoms with van der Waals surface area (Å²) in [5.41, 5.74) is 0. The highest BCUT2D eigenvalue weighted by Crippen LogP contribution is 2.07. The maximum atomic E-state index is 11.8. The molecule has 7 nitrogen and oxygen atoms in total. The van der Waals surface area contributed by atoms with Gasteiger partial charge in [0.15, 0.2) is 0 Å². The minimum atomic E-state index is -0.788. The molecule has 1 aromatic heterocycles. The predicted octanol–water partition coefficient (Wildman–Crippen LogP) is 0.185. The van der Waals surface area contributed by atoms with Crippen LogP contribution in [0.5, 0.6) is 0 Å². The fourth-order valence-electron chi connectivity index (χ4n) is 2.32. The molecule has 1 aliphatic rings. The molecule has 1 fully saturated rings. The number of ether oxygens (including phenoxy) is 1. The van der Waals surface area contributed by atoms with E-state index in [2.05, 4.69) is 10.2 Å². The average molecular weight is 339 g/mol. The van der Waals surface area contributed by atoms with E-state index in [4.69, 9.17) is 4.74 Å². The number of esters is 1. The topological polar surface area (TPSA) is 79.0 Å². The van der Waals surface area contributed by atoms with Gasteiger partial charge in [0, 0.05) is 39.3 Å². The van der Waals surface area contributed by atoms with Gasteiger partial charge in [0.05, 0.1) is 11.5 Å². The Balaban J connectivity index is 1.66. The smallest absolute Gasteiger partial charge is 0.397 e. The molecule has 0 aliphatic carbocycles. The van der Waals surface area contributed by atoms with Crippen LogP contribution in [0.1, 0.15) is 16.6 Å². The van der Waals surface area contributed by atoms with E-state index in [1.165, 1.54) is 16.2 Å². The molecule has 2 amide bonds. The van der Waals surface area contributed by atoms with E-state index in [1.807, 2.05) is 11.4 Å². The molecule has 1 aromatic rings. The van der Waals surface area contributed by atoms with E-state index >= 15 is 0 Å². The lowest BCUT2D eigenvalue weighted by molar-refractivity contribution is -0.160. The maximum Gasteiger partial charge on any atom is 0.397 e. The van der Waals surface area contributed by atoms with E-state index in [-0.39, 0.29) is 12.5 Å². The molecule has 1 N–H and O–H groups in total. The largest absolute Gasteiger partial charge is 0.459 e. The first-order valence-electron chi connectivity index (χ1n) is 7.62. The Bertz CT molecular complexity index is 539. The molecule has 0 spiro atoms. The van der Waals surface area contributed by atoms with Gasteiger partial charge in [-0.3, -0.25) is 14.5 Å². The first-order chi connectivity index (χ1) is 11.1. The molecule has 1 aliphatic heterocycles. The molecule has 0 unspecified atom stereocenters. The third-order valence-electron chi connectivity index (χ3n) is 3.57. The lowest BCUT2D eigenvalue weighted by Gasteiger charge is -2.34. The fraction of sp³-hybridized carbons (Fsp3) is 0.533. The van der Waals surface area contributed by atoms with Crippen molar-refractivity contribution in [2.45, 2.75) is 6.92 Å². The Hall–Kier alpha value is -1.93.